The smallest absolute Gasteiger partial charge is 0.319 e. The number of benzene rings is 1. The first-order valence-corrected chi connectivity index (χ1v) is 9.24. The van der Waals surface area contributed by atoms with Crippen molar-refractivity contribution < 1.29 is 23.1 Å². The number of pyridine rings is 1. The van der Waals surface area contributed by atoms with Gasteiger partial charge in [0.2, 0.25) is 5.88 Å². The lowest BCUT2D eigenvalue weighted by Gasteiger charge is -2.12. The van der Waals surface area contributed by atoms with E-state index in [-0.39, 0.29) is 12.2 Å². The predicted molar refractivity (Wildman–Crippen MR) is 109 cm³/mol. The van der Waals surface area contributed by atoms with E-state index in [1.54, 1.807) is 25.3 Å². The van der Waals surface area contributed by atoms with Gasteiger partial charge in [0.1, 0.15) is 11.6 Å². The molecule has 9 heteroatoms. The fourth-order valence-electron chi connectivity index (χ4n) is 2.69. The van der Waals surface area contributed by atoms with Gasteiger partial charge < -0.3 is 25.1 Å². The summed E-state index contributed by atoms with van der Waals surface area (Å²) < 4.78 is 24.6. The van der Waals surface area contributed by atoms with Crippen LogP contribution in [0.25, 0.3) is 0 Å². The van der Waals surface area contributed by atoms with Gasteiger partial charge in [-0.3, -0.25) is 4.79 Å². The second-order valence-electron chi connectivity index (χ2n) is 6.25. The van der Waals surface area contributed by atoms with Crippen molar-refractivity contribution in [3.8, 4) is 5.88 Å². The number of furan rings is 1. The van der Waals surface area contributed by atoms with Gasteiger partial charge in [-0.25, -0.2) is 14.2 Å². The number of hydrogen-bond acceptors (Lipinski definition) is 5. The van der Waals surface area contributed by atoms with Crippen LogP contribution in [0.5, 0.6) is 5.88 Å². The van der Waals surface area contributed by atoms with E-state index in [1.165, 1.54) is 24.5 Å². The molecule has 0 fully saturated rings. The molecule has 0 unspecified atom stereocenters. The molecule has 2 heterocycles. The zero-order chi connectivity index (χ0) is 21.5. The number of nitrogens with one attached hydrogen (secondary N) is 3. The van der Waals surface area contributed by atoms with E-state index in [2.05, 4.69) is 20.9 Å². The molecule has 0 saturated heterocycles. The summed E-state index contributed by atoms with van der Waals surface area (Å²) in [6.45, 7) is 4.13. The van der Waals surface area contributed by atoms with Crippen molar-refractivity contribution in [1.82, 2.24) is 10.3 Å². The van der Waals surface area contributed by atoms with Gasteiger partial charge in [-0.1, -0.05) is 6.07 Å². The van der Waals surface area contributed by atoms with Crippen molar-refractivity contribution in [2.75, 3.05) is 17.2 Å². The lowest BCUT2D eigenvalue weighted by Crippen LogP contribution is -2.28. The van der Waals surface area contributed by atoms with Gasteiger partial charge in [-0.15, -0.1) is 0 Å². The number of amides is 3. The Morgan fingerprint density at radius 3 is 2.77 bits per heavy atom. The Balaban J connectivity index is 1.63. The molecule has 0 saturated carbocycles. The molecule has 3 aromatic rings. The van der Waals surface area contributed by atoms with Crippen LogP contribution in [0.3, 0.4) is 0 Å². The third kappa shape index (κ3) is 5.13. The SMILES string of the molecule is CCOc1ncccc1CNC(=O)Nc1ccc(F)c(NC(=O)c2ccoc2C)c1. The number of ether oxygens (including phenoxy) is 1. The van der Waals surface area contributed by atoms with E-state index >= 15 is 0 Å². The van der Waals surface area contributed by atoms with Gasteiger partial charge in [0.05, 0.1) is 24.1 Å². The first-order chi connectivity index (χ1) is 14.5. The van der Waals surface area contributed by atoms with E-state index in [4.69, 9.17) is 9.15 Å². The second-order valence-corrected chi connectivity index (χ2v) is 6.25. The van der Waals surface area contributed by atoms with Crippen molar-refractivity contribution >= 4 is 23.3 Å². The number of rotatable bonds is 7. The van der Waals surface area contributed by atoms with Gasteiger partial charge in [-0.05, 0) is 44.2 Å². The highest BCUT2D eigenvalue weighted by Gasteiger charge is 2.15. The van der Waals surface area contributed by atoms with Crippen LogP contribution in [-0.2, 0) is 6.54 Å². The summed E-state index contributed by atoms with van der Waals surface area (Å²) in [5, 5.41) is 7.77. The lowest BCUT2D eigenvalue weighted by molar-refractivity contribution is 0.102. The minimum Gasteiger partial charge on any atom is -0.478 e. The Labute approximate surface area is 172 Å². The maximum Gasteiger partial charge on any atom is 0.319 e. The van der Waals surface area contributed by atoms with E-state index in [9.17, 15) is 14.0 Å². The molecule has 2 aromatic heterocycles. The van der Waals surface area contributed by atoms with Gasteiger partial charge in [-0.2, -0.15) is 0 Å². The van der Waals surface area contributed by atoms with E-state index in [0.29, 0.717) is 29.5 Å². The standard InChI is InChI=1S/C21H21FN4O4/c1-3-29-20-14(5-4-9-23-20)12-24-21(28)25-15-6-7-17(22)18(11-15)26-19(27)16-8-10-30-13(16)2/h4-11H,3,12H2,1-2H3,(H,26,27)(H2,24,25,28). The number of halogens is 1. The van der Waals surface area contributed by atoms with Crippen LogP contribution < -0.4 is 20.7 Å². The maximum absolute atomic E-state index is 14.1. The molecule has 0 aliphatic rings. The summed E-state index contributed by atoms with van der Waals surface area (Å²) in [4.78, 5) is 28.6. The molecule has 156 valence electrons. The number of carbonyl (C=O) groups excluding carboxylic acids is 2. The predicted octanol–water partition coefficient (Wildman–Crippen LogP) is 4.09. The number of nitrogens with zero attached hydrogens (tertiary/aromatic N) is 1. The quantitative estimate of drug-likeness (QED) is 0.542. The van der Waals surface area contributed by atoms with Crippen LogP contribution in [0.15, 0.2) is 53.3 Å². The highest BCUT2D eigenvalue weighted by atomic mass is 19.1. The molecule has 0 atom stereocenters. The normalized spacial score (nSPS) is 10.4. The molecule has 1 aromatic carbocycles. The average molecular weight is 412 g/mol. The minimum atomic E-state index is -0.632. The fraction of sp³-hybridized carbons (Fsp3) is 0.190. The van der Waals surface area contributed by atoms with Crippen molar-refractivity contribution in [2.24, 2.45) is 0 Å². The highest BCUT2D eigenvalue weighted by Crippen LogP contribution is 2.21. The second kappa shape index (κ2) is 9.55. The van der Waals surface area contributed by atoms with Crippen LogP contribution in [0.2, 0.25) is 0 Å². The molecular weight excluding hydrogens is 391 g/mol. The van der Waals surface area contributed by atoms with Crippen molar-refractivity contribution in [3.05, 3.63) is 71.6 Å². The van der Waals surface area contributed by atoms with Crippen LogP contribution in [0, 0.1) is 12.7 Å². The van der Waals surface area contributed by atoms with Crippen LogP contribution in [-0.4, -0.2) is 23.5 Å². The van der Waals surface area contributed by atoms with E-state index in [0.717, 1.165) is 11.6 Å². The monoisotopic (exact) mass is 412 g/mol. The van der Waals surface area contributed by atoms with E-state index in [1.807, 2.05) is 6.92 Å². The number of aromatic nitrogens is 1. The Hall–Kier alpha value is -3.88. The largest absolute Gasteiger partial charge is 0.478 e. The molecule has 30 heavy (non-hydrogen) atoms. The maximum atomic E-state index is 14.1. The molecule has 3 N–H and O–H groups in total. The zero-order valence-corrected chi connectivity index (χ0v) is 16.5. The van der Waals surface area contributed by atoms with Crippen LogP contribution >= 0.6 is 0 Å². The topological polar surface area (TPSA) is 105 Å². The first-order valence-electron chi connectivity index (χ1n) is 9.24. The number of anilines is 2. The lowest BCUT2D eigenvalue weighted by atomic mass is 10.2. The minimum absolute atomic E-state index is 0.0655. The molecule has 3 amide bonds. The number of hydrogen-bond donors (Lipinski definition) is 3. The molecule has 0 aliphatic carbocycles. The Morgan fingerprint density at radius 1 is 1.20 bits per heavy atom. The Morgan fingerprint density at radius 2 is 2.03 bits per heavy atom. The molecule has 8 nitrogen and oxygen atoms in total. The molecule has 3 rings (SSSR count). The Kier molecular flexibility index (Phi) is 6.63. The van der Waals surface area contributed by atoms with Gasteiger partial charge in [0.15, 0.2) is 0 Å². The third-order valence-electron chi connectivity index (χ3n) is 4.15. The van der Waals surface area contributed by atoms with E-state index < -0.39 is 17.8 Å². The molecule has 0 radical (unpaired) electrons. The van der Waals surface area contributed by atoms with Crippen molar-refractivity contribution in [2.45, 2.75) is 20.4 Å². The fourth-order valence-corrected chi connectivity index (χ4v) is 2.69. The summed E-state index contributed by atoms with van der Waals surface area (Å²) in [5.41, 5.74) is 1.26. The van der Waals surface area contributed by atoms with Gasteiger partial charge in [0.25, 0.3) is 5.91 Å². The molecule has 0 spiro atoms. The first kappa shape index (κ1) is 20.8. The van der Waals surface area contributed by atoms with Gasteiger partial charge >= 0.3 is 6.03 Å². The van der Waals surface area contributed by atoms with Crippen LogP contribution in [0.1, 0.15) is 28.6 Å². The highest BCUT2D eigenvalue weighted by molar-refractivity contribution is 6.05. The number of urea groups is 1. The van der Waals surface area contributed by atoms with Gasteiger partial charge in [0, 0.05) is 24.0 Å². The zero-order valence-electron chi connectivity index (χ0n) is 16.5. The number of aryl methyl sites for hydroxylation is 1. The van der Waals surface area contributed by atoms with Crippen LogP contribution in [0.4, 0.5) is 20.6 Å². The summed E-state index contributed by atoms with van der Waals surface area (Å²) in [5.74, 6) is -0.279. The third-order valence-corrected chi connectivity index (χ3v) is 4.15. The average Bonchev–Trinajstić information content (AvgIpc) is 3.16. The van der Waals surface area contributed by atoms with Crippen molar-refractivity contribution in [3.63, 3.8) is 0 Å². The van der Waals surface area contributed by atoms with Crippen molar-refractivity contribution in [1.29, 1.82) is 0 Å². The molecule has 0 aliphatic heterocycles. The Bertz CT molecular complexity index is 1050. The summed E-state index contributed by atoms with van der Waals surface area (Å²) >= 11 is 0. The molecular formula is C21H21FN4O4. The number of carbonyl (C=O) groups is 2. The summed E-state index contributed by atoms with van der Waals surface area (Å²) in [7, 11) is 0. The molecule has 0 bridgehead atoms. The summed E-state index contributed by atoms with van der Waals surface area (Å²) in [6, 6.07) is 8.40. The summed E-state index contributed by atoms with van der Waals surface area (Å²) in [6.07, 6.45) is 2.98.